The third kappa shape index (κ3) is 5.57. The van der Waals surface area contributed by atoms with Crippen LogP contribution >= 0.6 is 0 Å². The van der Waals surface area contributed by atoms with Gasteiger partial charge in [0.2, 0.25) is 0 Å². The van der Waals surface area contributed by atoms with Crippen LogP contribution in [0.1, 0.15) is 30.4 Å². The summed E-state index contributed by atoms with van der Waals surface area (Å²) in [7, 11) is 0. The molecule has 0 saturated carbocycles. The van der Waals surface area contributed by atoms with Gasteiger partial charge in [0.05, 0.1) is 29.2 Å². The van der Waals surface area contributed by atoms with Gasteiger partial charge in [-0.25, -0.2) is 4.79 Å². The molecule has 0 bridgehead atoms. The fourth-order valence-corrected chi connectivity index (χ4v) is 4.66. The van der Waals surface area contributed by atoms with Crippen LogP contribution in [-0.4, -0.2) is 37.2 Å². The predicted octanol–water partition coefficient (Wildman–Crippen LogP) is 5.58. The minimum atomic E-state index is -4.30. The molecule has 1 aliphatic rings. The number of ether oxygens (including phenoxy) is 1. The van der Waals surface area contributed by atoms with Gasteiger partial charge >= 0.3 is 11.8 Å². The van der Waals surface area contributed by atoms with Gasteiger partial charge in [-0.3, -0.25) is 0 Å². The average molecular weight is 501 g/mol. The van der Waals surface area contributed by atoms with Crippen molar-refractivity contribution in [2.45, 2.75) is 38.0 Å². The van der Waals surface area contributed by atoms with E-state index in [1.807, 2.05) is 6.07 Å². The second-order valence-corrected chi connectivity index (χ2v) is 9.10. The van der Waals surface area contributed by atoms with E-state index in [0.717, 1.165) is 67.4 Å². The highest BCUT2D eigenvalue weighted by Gasteiger charge is 2.30. The molecule has 5 rings (SSSR count). The highest BCUT2D eigenvalue weighted by atomic mass is 19.4. The first-order valence-corrected chi connectivity index (χ1v) is 12.1. The highest BCUT2D eigenvalue weighted by Crippen LogP contribution is 2.35. The number of halogens is 3. The van der Waals surface area contributed by atoms with Gasteiger partial charge in [0.25, 0.3) is 0 Å². The van der Waals surface area contributed by atoms with Crippen molar-refractivity contribution in [3.8, 4) is 5.75 Å². The van der Waals surface area contributed by atoms with Crippen LogP contribution in [0.4, 0.5) is 13.2 Å². The van der Waals surface area contributed by atoms with Crippen molar-refractivity contribution in [3.05, 3.63) is 76.3 Å². The summed E-state index contributed by atoms with van der Waals surface area (Å²) < 4.78 is 55.0. The summed E-state index contributed by atoms with van der Waals surface area (Å²) in [6.45, 7) is 3.89. The van der Waals surface area contributed by atoms with Crippen LogP contribution in [0.2, 0.25) is 0 Å². The fourth-order valence-electron chi connectivity index (χ4n) is 4.66. The molecule has 1 fully saturated rings. The first kappa shape index (κ1) is 24.4. The van der Waals surface area contributed by atoms with Crippen LogP contribution in [0, 0.1) is 0 Å². The fraction of sp³-hybridized carbons (Fsp3) is 0.370. The number of nitrogens with one attached hydrogen (secondary N) is 1. The summed E-state index contributed by atoms with van der Waals surface area (Å²) >= 11 is 0. The van der Waals surface area contributed by atoms with Gasteiger partial charge < -0.3 is 23.8 Å². The molecule has 0 amide bonds. The van der Waals surface area contributed by atoms with Crippen molar-refractivity contribution in [3.63, 3.8) is 0 Å². The monoisotopic (exact) mass is 500 g/mol. The lowest BCUT2D eigenvalue weighted by atomic mass is 10.0. The van der Waals surface area contributed by atoms with E-state index >= 15 is 0 Å². The molecule has 1 N–H and O–H groups in total. The summed E-state index contributed by atoms with van der Waals surface area (Å²) in [5.41, 5.74) is 0.854. The third-order valence-electron chi connectivity index (χ3n) is 6.64. The quantitative estimate of drug-likeness (QED) is 0.252. The van der Waals surface area contributed by atoms with Gasteiger partial charge in [-0.15, -0.1) is 0 Å². The van der Waals surface area contributed by atoms with Gasteiger partial charge in [-0.05, 0) is 62.2 Å². The van der Waals surface area contributed by atoms with Crippen molar-refractivity contribution in [2.75, 3.05) is 26.2 Å². The number of furan rings is 1. The molecule has 6 nitrogen and oxygen atoms in total. The van der Waals surface area contributed by atoms with E-state index in [1.54, 1.807) is 18.4 Å². The average Bonchev–Trinajstić information content (AvgIpc) is 3.33. The first-order chi connectivity index (χ1) is 17.4. The van der Waals surface area contributed by atoms with Gasteiger partial charge in [-0.2, -0.15) is 13.2 Å². The molecule has 9 heteroatoms. The molecule has 3 heterocycles. The lowest BCUT2D eigenvalue weighted by Gasteiger charge is -2.32. The minimum absolute atomic E-state index is 0.347. The Morgan fingerprint density at radius 2 is 1.75 bits per heavy atom. The van der Waals surface area contributed by atoms with E-state index in [4.69, 9.17) is 13.6 Å². The highest BCUT2D eigenvalue weighted by molar-refractivity contribution is 6.01. The molecular weight excluding hydrogens is 473 g/mol. The minimum Gasteiger partial charge on any atom is -0.492 e. The molecule has 0 atom stereocenters. The summed E-state index contributed by atoms with van der Waals surface area (Å²) in [6, 6.07) is 12.3. The van der Waals surface area contributed by atoms with Crippen LogP contribution in [-0.2, 0) is 12.7 Å². The Bertz CT molecular complexity index is 1370. The van der Waals surface area contributed by atoms with Gasteiger partial charge in [-0.1, -0.05) is 12.1 Å². The maximum absolute atomic E-state index is 12.7. The zero-order valence-electron chi connectivity index (χ0n) is 19.6. The van der Waals surface area contributed by atoms with Crippen molar-refractivity contribution >= 4 is 21.9 Å². The summed E-state index contributed by atoms with van der Waals surface area (Å²) in [4.78, 5) is 14.0. The van der Waals surface area contributed by atoms with E-state index < -0.39 is 17.4 Å². The summed E-state index contributed by atoms with van der Waals surface area (Å²) in [6.07, 6.45) is 0.0983. The smallest absolute Gasteiger partial charge is 0.416 e. The second kappa shape index (κ2) is 10.4. The number of hydrogen-bond acceptors (Lipinski definition) is 6. The number of likely N-dealkylation sites (tertiary alicyclic amines) is 1. The molecule has 0 radical (unpaired) electrons. The zero-order valence-corrected chi connectivity index (χ0v) is 19.6. The Morgan fingerprint density at radius 1 is 1.00 bits per heavy atom. The Morgan fingerprint density at radius 3 is 2.50 bits per heavy atom. The lowest BCUT2D eigenvalue weighted by molar-refractivity contribution is -0.137. The molecule has 0 aliphatic carbocycles. The first-order valence-electron chi connectivity index (χ1n) is 12.1. The Balaban J connectivity index is 1.07. The summed E-state index contributed by atoms with van der Waals surface area (Å²) in [5, 5.41) is 5.05. The maximum atomic E-state index is 12.7. The number of fused-ring (bicyclic) bond motifs is 2. The molecule has 2 aromatic carbocycles. The predicted molar refractivity (Wildman–Crippen MR) is 130 cm³/mol. The molecular formula is C27H27F3N2O4. The van der Waals surface area contributed by atoms with Crippen LogP contribution in [0.15, 0.2) is 68.4 Å². The number of rotatable bonds is 8. The standard InChI is InChI=1S/C27H27F3N2O4/c28-27(29,30)19-4-2-18(3-5-19)17-31-20-8-12-32(13-9-20)11-1-14-35-26-21-6-7-25(33)36-24(21)16-23-22(26)10-15-34-23/h2-7,10,15-16,20,31H,1,8-9,11-14,17H2. The molecule has 2 aromatic heterocycles. The van der Waals surface area contributed by atoms with Gasteiger partial charge in [0.15, 0.2) is 0 Å². The van der Waals surface area contributed by atoms with Crippen LogP contribution < -0.4 is 15.7 Å². The van der Waals surface area contributed by atoms with Gasteiger partial charge in [0, 0.05) is 31.3 Å². The van der Waals surface area contributed by atoms with E-state index in [2.05, 4.69) is 10.2 Å². The lowest BCUT2D eigenvalue weighted by Crippen LogP contribution is -2.42. The van der Waals surface area contributed by atoms with Crippen molar-refractivity contribution in [2.24, 2.45) is 0 Å². The summed E-state index contributed by atoms with van der Waals surface area (Å²) in [5.74, 6) is 0.658. The molecule has 36 heavy (non-hydrogen) atoms. The maximum Gasteiger partial charge on any atom is 0.416 e. The zero-order chi connectivity index (χ0) is 25.1. The number of hydrogen-bond donors (Lipinski definition) is 1. The topological polar surface area (TPSA) is 67.8 Å². The molecule has 1 aliphatic heterocycles. The van der Waals surface area contributed by atoms with E-state index in [9.17, 15) is 18.0 Å². The van der Waals surface area contributed by atoms with E-state index in [0.29, 0.717) is 36.1 Å². The van der Waals surface area contributed by atoms with Crippen molar-refractivity contribution in [1.82, 2.24) is 10.2 Å². The second-order valence-electron chi connectivity index (χ2n) is 9.10. The van der Waals surface area contributed by atoms with Gasteiger partial charge in [0.1, 0.15) is 16.9 Å². The number of piperidine rings is 1. The molecule has 4 aromatic rings. The van der Waals surface area contributed by atoms with E-state index in [1.165, 1.54) is 18.2 Å². The largest absolute Gasteiger partial charge is 0.492 e. The number of benzene rings is 2. The Labute approximate surface area is 205 Å². The molecule has 1 saturated heterocycles. The van der Waals surface area contributed by atoms with Crippen molar-refractivity contribution < 1.29 is 26.7 Å². The third-order valence-corrected chi connectivity index (χ3v) is 6.64. The van der Waals surface area contributed by atoms with Crippen molar-refractivity contribution in [1.29, 1.82) is 0 Å². The Kier molecular flexibility index (Phi) is 7.02. The normalized spacial score (nSPS) is 15.6. The number of nitrogens with zero attached hydrogens (tertiary/aromatic N) is 1. The van der Waals surface area contributed by atoms with Crippen LogP contribution in [0.5, 0.6) is 5.75 Å². The van der Waals surface area contributed by atoms with Crippen LogP contribution in [0.3, 0.4) is 0 Å². The number of alkyl halides is 3. The molecule has 190 valence electrons. The molecule has 0 spiro atoms. The Hall–Kier alpha value is -3.30. The molecule has 0 unspecified atom stereocenters. The van der Waals surface area contributed by atoms with E-state index in [-0.39, 0.29) is 0 Å². The SMILES string of the molecule is O=c1ccc2c(OCCCN3CCC(NCc4ccc(C(F)(F)F)cc4)CC3)c3ccoc3cc2o1. The van der Waals surface area contributed by atoms with Crippen LogP contribution in [0.25, 0.3) is 21.9 Å².